The molecule has 4 heteroatoms. The molecule has 0 aliphatic carbocycles. The van der Waals surface area contributed by atoms with Crippen LogP contribution in [0.3, 0.4) is 0 Å². The molecule has 1 aromatic carbocycles. The standard InChI is InChI=1S/C15H17NO3/c1-2-18-15(17)12-5-3-11(4-6-12)14-8-7-13(19-14)9-10-16/h3-8H,2,9-10,16H2,1H3. The average Bonchev–Trinajstić information content (AvgIpc) is 2.88. The van der Waals surface area contributed by atoms with Crippen LogP contribution in [0.25, 0.3) is 11.3 Å². The second-order valence-electron chi connectivity index (χ2n) is 4.10. The number of furan rings is 1. The zero-order chi connectivity index (χ0) is 13.7. The zero-order valence-electron chi connectivity index (χ0n) is 10.9. The molecule has 1 aromatic heterocycles. The number of rotatable bonds is 5. The fraction of sp³-hybridized carbons (Fsp3) is 0.267. The number of carbonyl (C=O) groups excluding carboxylic acids is 1. The molecule has 0 radical (unpaired) electrons. The maximum absolute atomic E-state index is 11.5. The van der Waals surface area contributed by atoms with Crippen molar-refractivity contribution in [3.63, 3.8) is 0 Å². The molecule has 0 unspecified atom stereocenters. The summed E-state index contributed by atoms with van der Waals surface area (Å²) < 4.78 is 10.6. The molecule has 0 saturated heterocycles. The van der Waals surface area contributed by atoms with Crippen LogP contribution in [-0.2, 0) is 11.2 Å². The van der Waals surface area contributed by atoms with Crippen molar-refractivity contribution in [2.24, 2.45) is 5.73 Å². The van der Waals surface area contributed by atoms with Gasteiger partial charge in [0.05, 0.1) is 12.2 Å². The van der Waals surface area contributed by atoms with Crippen molar-refractivity contribution < 1.29 is 13.9 Å². The van der Waals surface area contributed by atoms with Crippen molar-refractivity contribution in [3.05, 3.63) is 47.7 Å². The SMILES string of the molecule is CCOC(=O)c1ccc(-c2ccc(CCN)o2)cc1. The summed E-state index contributed by atoms with van der Waals surface area (Å²) in [6, 6.07) is 11.0. The largest absolute Gasteiger partial charge is 0.462 e. The maximum atomic E-state index is 11.5. The van der Waals surface area contributed by atoms with Crippen LogP contribution < -0.4 is 5.73 Å². The minimum absolute atomic E-state index is 0.308. The summed E-state index contributed by atoms with van der Waals surface area (Å²) in [7, 11) is 0. The Kier molecular flexibility index (Phi) is 4.36. The Morgan fingerprint density at radius 1 is 1.21 bits per heavy atom. The molecule has 1 heterocycles. The lowest BCUT2D eigenvalue weighted by Gasteiger charge is -2.02. The van der Waals surface area contributed by atoms with E-state index in [2.05, 4.69) is 0 Å². The highest BCUT2D eigenvalue weighted by Gasteiger charge is 2.08. The molecule has 0 atom stereocenters. The third-order valence-corrected chi connectivity index (χ3v) is 2.73. The molecule has 0 aliphatic rings. The number of ether oxygens (including phenoxy) is 1. The predicted molar refractivity (Wildman–Crippen MR) is 72.9 cm³/mol. The van der Waals surface area contributed by atoms with Crippen LogP contribution in [0.15, 0.2) is 40.8 Å². The van der Waals surface area contributed by atoms with Crippen molar-refractivity contribution in [1.82, 2.24) is 0 Å². The van der Waals surface area contributed by atoms with Gasteiger partial charge in [-0.1, -0.05) is 12.1 Å². The van der Waals surface area contributed by atoms with Crippen LogP contribution >= 0.6 is 0 Å². The molecule has 19 heavy (non-hydrogen) atoms. The third-order valence-electron chi connectivity index (χ3n) is 2.73. The first-order valence-electron chi connectivity index (χ1n) is 6.31. The fourth-order valence-electron chi connectivity index (χ4n) is 1.79. The highest BCUT2D eigenvalue weighted by molar-refractivity contribution is 5.89. The van der Waals surface area contributed by atoms with Crippen molar-refractivity contribution in [3.8, 4) is 11.3 Å². The normalized spacial score (nSPS) is 10.4. The van der Waals surface area contributed by atoms with Crippen molar-refractivity contribution >= 4 is 5.97 Å². The molecular formula is C15H17NO3. The van der Waals surface area contributed by atoms with Crippen LogP contribution in [0.2, 0.25) is 0 Å². The van der Waals surface area contributed by atoms with E-state index in [1.807, 2.05) is 24.3 Å². The first-order valence-corrected chi connectivity index (χ1v) is 6.31. The number of nitrogens with two attached hydrogens (primary N) is 1. The van der Waals surface area contributed by atoms with Crippen LogP contribution in [0, 0.1) is 0 Å². The quantitative estimate of drug-likeness (QED) is 0.838. The van der Waals surface area contributed by atoms with Gasteiger partial charge in [0, 0.05) is 12.0 Å². The molecule has 0 fully saturated rings. The Balaban J connectivity index is 2.15. The molecule has 2 aromatic rings. The van der Waals surface area contributed by atoms with E-state index in [4.69, 9.17) is 14.9 Å². The summed E-state index contributed by atoms with van der Waals surface area (Å²) in [5.74, 6) is 1.34. The molecule has 2 N–H and O–H groups in total. The molecule has 0 amide bonds. The van der Waals surface area contributed by atoms with Gasteiger partial charge in [-0.25, -0.2) is 4.79 Å². The number of benzene rings is 1. The Morgan fingerprint density at radius 2 is 1.95 bits per heavy atom. The van der Waals surface area contributed by atoms with E-state index in [-0.39, 0.29) is 5.97 Å². The highest BCUT2D eigenvalue weighted by atomic mass is 16.5. The third kappa shape index (κ3) is 3.23. The van der Waals surface area contributed by atoms with Gasteiger partial charge in [-0.2, -0.15) is 0 Å². The Morgan fingerprint density at radius 3 is 2.58 bits per heavy atom. The van der Waals surface area contributed by atoms with E-state index in [0.29, 0.717) is 18.7 Å². The van der Waals surface area contributed by atoms with E-state index in [1.54, 1.807) is 19.1 Å². The van der Waals surface area contributed by atoms with E-state index in [1.165, 1.54) is 0 Å². The lowest BCUT2D eigenvalue weighted by atomic mass is 10.1. The number of carbonyl (C=O) groups is 1. The van der Waals surface area contributed by atoms with Gasteiger partial charge in [-0.05, 0) is 37.7 Å². The van der Waals surface area contributed by atoms with E-state index < -0.39 is 0 Å². The number of hydrogen-bond acceptors (Lipinski definition) is 4. The molecule has 0 spiro atoms. The van der Waals surface area contributed by atoms with Crippen LogP contribution in [0.5, 0.6) is 0 Å². The summed E-state index contributed by atoms with van der Waals surface area (Å²) in [6.07, 6.45) is 0.723. The van der Waals surface area contributed by atoms with Crippen LogP contribution in [0.1, 0.15) is 23.0 Å². The minimum Gasteiger partial charge on any atom is -0.462 e. The monoisotopic (exact) mass is 259 g/mol. The Bertz CT molecular complexity index is 543. The maximum Gasteiger partial charge on any atom is 0.338 e. The van der Waals surface area contributed by atoms with Gasteiger partial charge in [-0.15, -0.1) is 0 Å². The van der Waals surface area contributed by atoms with Crippen LogP contribution in [-0.4, -0.2) is 19.1 Å². The van der Waals surface area contributed by atoms with Crippen molar-refractivity contribution in [2.45, 2.75) is 13.3 Å². The first kappa shape index (κ1) is 13.4. The van der Waals surface area contributed by atoms with E-state index in [9.17, 15) is 4.79 Å². The van der Waals surface area contributed by atoms with Gasteiger partial charge in [0.15, 0.2) is 0 Å². The molecular weight excluding hydrogens is 242 g/mol. The first-order chi connectivity index (χ1) is 9.24. The fourth-order valence-corrected chi connectivity index (χ4v) is 1.79. The molecule has 0 saturated carbocycles. The van der Waals surface area contributed by atoms with Crippen LogP contribution in [0.4, 0.5) is 0 Å². The number of hydrogen-bond donors (Lipinski definition) is 1. The zero-order valence-corrected chi connectivity index (χ0v) is 10.9. The molecule has 4 nitrogen and oxygen atoms in total. The van der Waals surface area contributed by atoms with Gasteiger partial charge in [0.2, 0.25) is 0 Å². The number of esters is 1. The highest BCUT2D eigenvalue weighted by Crippen LogP contribution is 2.22. The molecule has 2 rings (SSSR count). The lowest BCUT2D eigenvalue weighted by molar-refractivity contribution is 0.0526. The summed E-state index contributed by atoms with van der Waals surface area (Å²) in [6.45, 7) is 2.73. The summed E-state index contributed by atoms with van der Waals surface area (Å²) in [5.41, 5.74) is 6.95. The predicted octanol–water partition coefficient (Wildman–Crippen LogP) is 2.62. The van der Waals surface area contributed by atoms with Gasteiger partial charge < -0.3 is 14.9 Å². The average molecular weight is 259 g/mol. The van der Waals surface area contributed by atoms with E-state index >= 15 is 0 Å². The molecule has 0 aliphatic heterocycles. The van der Waals surface area contributed by atoms with Crippen molar-refractivity contribution in [1.29, 1.82) is 0 Å². The summed E-state index contributed by atoms with van der Waals surface area (Å²) in [5, 5.41) is 0. The van der Waals surface area contributed by atoms with Gasteiger partial charge in [-0.3, -0.25) is 0 Å². The second kappa shape index (κ2) is 6.20. The Labute approximate surface area is 112 Å². The van der Waals surface area contributed by atoms with Gasteiger partial charge in [0.25, 0.3) is 0 Å². The summed E-state index contributed by atoms with van der Waals surface area (Å²) >= 11 is 0. The topological polar surface area (TPSA) is 65.5 Å². The second-order valence-corrected chi connectivity index (χ2v) is 4.10. The van der Waals surface area contributed by atoms with E-state index in [0.717, 1.165) is 23.5 Å². The van der Waals surface area contributed by atoms with Crippen molar-refractivity contribution in [2.75, 3.05) is 13.2 Å². The molecule has 0 bridgehead atoms. The lowest BCUT2D eigenvalue weighted by Crippen LogP contribution is -2.03. The van der Waals surface area contributed by atoms with Gasteiger partial charge >= 0.3 is 5.97 Å². The summed E-state index contributed by atoms with van der Waals surface area (Å²) in [4.78, 5) is 11.5. The van der Waals surface area contributed by atoms with Gasteiger partial charge in [0.1, 0.15) is 11.5 Å². The minimum atomic E-state index is -0.308. The molecule has 100 valence electrons. The Hall–Kier alpha value is -2.07. The smallest absolute Gasteiger partial charge is 0.338 e.